The minimum atomic E-state index is 0. The first kappa shape index (κ1) is 59.2. The van der Waals surface area contributed by atoms with Gasteiger partial charge < -0.3 is 21.7 Å². The molecule has 0 saturated carbocycles. The third kappa shape index (κ3) is 54300. The van der Waals surface area contributed by atoms with Gasteiger partial charge in [-0.2, -0.15) is 0 Å². The Kier molecular flexibility index (Phi) is 6450. The van der Waals surface area contributed by atoms with Crippen LogP contribution < -0.4 is 11.5 Å². The highest BCUT2D eigenvalue weighted by Crippen LogP contribution is 1.28. The number of hydrogen-bond donors (Lipinski definition) is 3. The molecular formula is C11H35N3OS. The van der Waals surface area contributed by atoms with Crippen LogP contribution in [-0.4, -0.2) is 26.0 Å². The Hall–Kier alpha value is -0.810. The molecule has 0 saturated heterocycles. The molecule has 5 N–H and O–H groups in total. The van der Waals surface area contributed by atoms with E-state index in [0.29, 0.717) is 0 Å². The van der Waals surface area contributed by atoms with E-state index in [-0.39, 0.29) is 13.6 Å². The quantitative estimate of drug-likeness (QED) is 0.487. The molecule has 0 aromatic heterocycles. The van der Waals surface area contributed by atoms with Crippen molar-refractivity contribution in [3.63, 3.8) is 0 Å². The maximum atomic E-state index is 8.00. The smallest absolute Gasteiger partial charge is 0.106 e. The van der Waals surface area contributed by atoms with Gasteiger partial charge >= 0.3 is 0 Å². The molecule has 4 nitrogen and oxygen atoms in total. The van der Waals surface area contributed by atoms with Crippen molar-refractivity contribution in [1.82, 2.24) is 11.5 Å². The second-order valence-electron chi connectivity index (χ2n) is 0.407. The van der Waals surface area contributed by atoms with Crippen LogP contribution in [0.1, 0.15) is 49.0 Å². The minimum absolute atomic E-state index is 0. The average molecular weight is 257 g/mol. The fraction of sp³-hybridized carbons (Fsp3) is 0.727. The Morgan fingerprint density at radius 2 is 1.06 bits per heavy atom. The summed E-state index contributed by atoms with van der Waals surface area (Å²) in [7, 11) is 1.77. The van der Waals surface area contributed by atoms with Crippen molar-refractivity contribution in [1.29, 1.82) is 5.41 Å². The number of carbonyl (C=O) groups excluding carboxylic acids is 1. The first-order valence-electron chi connectivity index (χ1n) is 4.67. The molecule has 0 unspecified atom stereocenters. The second-order valence-corrected chi connectivity index (χ2v) is 0.642. The minimum Gasteiger partial charge on any atom is -0.385 e. The Bertz CT molecular complexity index is 48.2. The predicted molar refractivity (Wildman–Crippen MR) is 85.5 cm³/mol. The van der Waals surface area contributed by atoms with E-state index in [4.69, 9.17) is 10.2 Å². The number of hydrogen-bond acceptors (Lipinski definition) is 4. The van der Waals surface area contributed by atoms with Gasteiger partial charge in [-0.15, -0.1) is 0 Å². The third-order valence-corrected chi connectivity index (χ3v) is 0.354. The van der Waals surface area contributed by atoms with Gasteiger partial charge in [0.1, 0.15) is 6.79 Å². The molecule has 5 heteroatoms. The summed E-state index contributed by atoms with van der Waals surface area (Å²) in [5.74, 6) is 0. The summed E-state index contributed by atoms with van der Waals surface area (Å²) in [6.45, 7) is 16.5. The molecule has 0 bridgehead atoms. The lowest BCUT2D eigenvalue weighted by Gasteiger charge is -1.68. The van der Waals surface area contributed by atoms with Crippen LogP contribution in [0.25, 0.3) is 0 Å². The van der Waals surface area contributed by atoms with Gasteiger partial charge in [-0.3, -0.25) is 0 Å². The van der Waals surface area contributed by atoms with Gasteiger partial charge in [0.15, 0.2) is 0 Å². The van der Waals surface area contributed by atoms with E-state index in [9.17, 15) is 0 Å². The van der Waals surface area contributed by atoms with Crippen LogP contribution in [0.15, 0.2) is 0 Å². The molecule has 0 heterocycles. The molecule has 0 aliphatic rings. The summed E-state index contributed by atoms with van der Waals surface area (Å²) >= 11 is 4.32. The molecule has 0 rings (SSSR count). The van der Waals surface area contributed by atoms with Crippen LogP contribution in [0.4, 0.5) is 0 Å². The van der Waals surface area contributed by atoms with Crippen LogP contribution in [0.5, 0.6) is 0 Å². The zero-order chi connectivity index (χ0) is 13.4. The molecule has 106 valence electrons. The van der Waals surface area contributed by atoms with Crippen molar-refractivity contribution in [2.24, 2.45) is 0 Å². The molecule has 0 aliphatic heterocycles. The van der Waals surface area contributed by atoms with E-state index >= 15 is 0 Å². The van der Waals surface area contributed by atoms with Crippen LogP contribution in [0.2, 0.25) is 0 Å². The Balaban J connectivity index is -0.00000000810. The van der Waals surface area contributed by atoms with Crippen molar-refractivity contribution >= 4 is 31.2 Å². The maximum absolute atomic E-state index is 8.00. The van der Waals surface area contributed by atoms with Crippen LogP contribution >= 0.6 is 12.2 Å². The Morgan fingerprint density at radius 1 is 1.00 bits per heavy atom. The molecule has 0 aromatic rings. The molecule has 16 heavy (non-hydrogen) atoms. The average Bonchev–Trinajstić information content (AvgIpc) is 2.41. The summed E-state index contributed by atoms with van der Waals surface area (Å²) in [4.78, 5) is 8.00. The zero-order valence-corrected chi connectivity index (χ0v) is 12.3. The topological polar surface area (TPSA) is 88.0 Å². The van der Waals surface area contributed by atoms with Crippen LogP contribution in [0.3, 0.4) is 0 Å². The summed E-state index contributed by atoms with van der Waals surface area (Å²) < 4.78 is 0. The standard InChI is InChI=1S/C2H5NS.3C2H6.CH3N.CH2O.CH4.H3N/c1-3-2-4;5*1-2;;/h2H,1H3,(H,3,4);3*1-2H3;2H,1H2;1H2;1H4;1H3. The van der Waals surface area contributed by atoms with Gasteiger partial charge in [0.25, 0.3) is 0 Å². The van der Waals surface area contributed by atoms with Crippen LogP contribution in [0, 0.1) is 5.41 Å². The van der Waals surface area contributed by atoms with Gasteiger partial charge in [0.05, 0.1) is 5.49 Å². The highest BCUT2D eigenvalue weighted by molar-refractivity contribution is 7.78. The van der Waals surface area contributed by atoms with Gasteiger partial charge in [0, 0.05) is 7.05 Å². The monoisotopic (exact) mass is 257 g/mol. The fourth-order valence-corrected chi connectivity index (χ4v) is 0. The molecule has 0 aliphatic carbocycles. The summed E-state index contributed by atoms with van der Waals surface area (Å²) in [6, 6.07) is 0. The van der Waals surface area contributed by atoms with E-state index < -0.39 is 0 Å². The third-order valence-electron chi connectivity index (χ3n) is 0.118. The molecular weight excluding hydrogens is 222 g/mol. The lowest BCUT2D eigenvalue weighted by molar-refractivity contribution is -0.0979. The maximum Gasteiger partial charge on any atom is 0.106 e. The Morgan fingerprint density at radius 3 is 1.06 bits per heavy atom. The van der Waals surface area contributed by atoms with Crippen molar-refractivity contribution in [3.8, 4) is 0 Å². The first-order chi connectivity index (χ1) is 6.91. The van der Waals surface area contributed by atoms with Crippen molar-refractivity contribution in [2.75, 3.05) is 7.05 Å². The lowest BCUT2D eigenvalue weighted by atomic mass is 11.0. The second kappa shape index (κ2) is 1740. The van der Waals surface area contributed by atoms with Gasteiger partial charge in [-0.05, 0) is 6.72 Å². The summed E-state index contributed by atoms with van der Waals surface area (Å²) in [6.07, 6.45) is 0. The predicted octanol–water partition coefficient (Wildman–Crippen LogP) is 4.12. The number of nitrogens with one attached hydrogen (secondary N) is 2. The largest absolute Gasteiger partial charge is 0.385 e. The zero-order valence-electron chi connectivity index (χ0n) is 11.5. The van der Waals surface area contributed by atoms with E-state index in [0.717, 1.165) is 0 Å². The fourth-order valence-electron chi connectivity index (χ4n) is 0. The molecule has 0 fully saturated rings. The normalized spacial score (nSPS) is 2.94. The number of thiocarbonyl (C=S) groups is 1. The van der Waals surface area contributed by atoms with Gasteiger partial charge in [-0.1, -0.05) is 61.2 Å². The van der Waals surface area contributed by atoms with E-state index in [1.165, 1.54) is 5.49 Å². The molecule has 0 spiro atoms. The van der Waals surface area contributed by atoms with Crippen molar-refractivity contribution in [2.45, 2.75) is 49.0 Å². The summed E-state index contributed by atoms with van der Waals surface area (Å²) in [5.41, 5.74) is 1.46. The molecule has 0 aromatic carbocycles. The van der Waals surface area contributed by atoms with Crippen LogP contribution in [-0.2, 0) is 4.79 Å². The first-order valence-corrected chi connectivity index (χ1v) is 5.14. The van der Waals surface area contributed by atoms with Gasteiger partial charge in [-0.25, -0.2) is 0 Å². The molecule has 0 amide bonds. The van der Waals surface area contributed by atoms with Crippen molar-refractivity contribution in [3.05, 3.63) is 0 Å². The lowest BCUT2D eigenvalue weighted by Crippen LogP contribution is -1.95. The van der Waals surface area contributed by atoms with Crippen molar-refractivity contribution < 1.29 is 4.79 Å². The van der Waals surface area contributed by atoms with E-state index in [1.54, 1.807) is 7.05 Å². The van der Waals surface area contributed by atoms with E-state index in [2.05, 4.69) is 24.3 Å². The van der Waals surface area contributed by atoms with Gasteiger partial charge in [0.2, 0.25) is 0 Å². The molecule has 0 radical (unpaired) electrons. The Labute approximate surface area is 109 Å². The highest BCUT2D eigenvalue weighted by atomic mass is 32.1. The molecule has 0 atom stereocenters. The number of rotatable bonds is 1. The SMILES string of the molecule is C.C=N.C=O.CC.CC.CC.CNC=S.N. The highest BCUT2D eigenvalue weighted by Gasteiger charge is 1.38. The van der Waals surface area contributed by atoms with E-state index in [1.807, 2.05) is 48.3 Å². The number of carbonyl (C=O) groups is 1. The summed E-state index contributed by atoms with van der Waals surface area (Å²) in [5, 5.41) is 8.12.